The number of carbonyl (C=O) groups excluding carboxylic acids is 1. The molecule has 1 aliphatic carbocycles. The van der Waals surface area contributed by atoms with Gasteiger partial charge < -0.3 is 5.32 Å². The summed E-state index contributed by atoms with van der Waals surface area (Å²) in [4.78, 5) is 12.0. The maximum atomic E-state index is 13.1. The van der Waals surface area contributed by atoms with Crippen LogP contribution in [0.25, 0.3) is 0 Å². The Morgan fingerprint density at radius 3 is 2.39 bits per heavy atom. The van der Waals surface area contributed by atoms with Crippen molar-refractivity contribution in [3.05, 3.63) is 35.6 Å². The molecule has 2 fully saturated rings. The zero-order valence-electron chi connectivity index (χ0n) is 12.6. The molecule has 1 aromatic rings. The van der Waals surface area contributed by atoms with Crippen molar-refractivity contribution in [1.82, 2.24) is 10.6 Å². The first-order chi connectivity index (χ1) is 10.4. The third-order valence-electron chi connectivity index (χ3n) is 4.79. The maximum Gasteiger partial charge on any atom is 0.262 e. The number of hydrogen-bond acceptors (Lipinski definition) is 2. The van der Waals surface area contributed by atoms with Crippen LogP contribution in [-0.2, 0) is 10.2 Å². The summed E-state index contributed by atoms with van der Waals surface area (Å²) >= 11 is 0. The number of carbonyl (C=O) groups is 1. The largest absolute Gasteiger partial charge is 0.354 e. The van der Waals surface area contributed by atoms with Gasteiger partial charge in [-0.2, -0.15) is 0 Å². The van der Waals surface area contributed by atoms with Crippen LogP contribution in [0, 0.1) is 5.82 Å². The average Bonchev–Trinajstić information content (AvgIpc) is 2.79. The van der Waals surface area contributed by atoms with Crippen molar-refractivity contribution in [2.45, 2.75) is 43.1 Å². The van der Waals surface area contributed by atoms with Gasteiger partial charge in [0, 0.05) is 18.4 Å². The number of amides is 1. The number of alkyl halides is 2. The average molecular weight is 349 g/mol. The number of halogens is 4. The van der Waals surface area contributed by atoms with E-state index in [4.69, 9.17) is 0 Å². The summed E-state index contributed by atoms with van der Waals surface area (Å²) in [6, 6.07) is 5.47. The molecule has 0 aromatic heterocycles. The van der Waals surface area contributed by atoms with Gasteiger partial charge >= 0.3 is 0 Å². The fourth-order valence-corrected chi connectivity index (χ4v) is 3.25. The van der Waals surface area contributed by atoms with Gasteiger partial charge in [0.15, 0.2) is 0 Å². The Bertz CT molecular complexity index is 561. The Kier molecular flexibility index (Phi) is 5.26. The second kappa shape index (κ2) is 6.69. The third kappa shape index (κ3) is 3.80. The van der Waals surface area contributed by atoms with Gasteiger partial charge in [-0.05, 0) is 30.5 Å². The number of rotatable bonds is 4. The van der Waals surface area contributed by atoms with E-state index in [2.05, 4.69) is 10.6 Å². The van der Waals surface area contributed by atoms with Gasteiger partial charge in [0.05, 0.1) is 12.6 Å². The summed E-state index contributed by atoms with van der Waals surface area (Å²) in [5, 5.41) is 5.34. The lowest BCUT2D eigenvalue weighted by atomic mass is 9.64. The number of benzene rings is 1. The maximum absolute atomic E-state index is 13.1. The lowest BCUT2D eigenvalue weighted by molar-refractivity contribution is -0.123. The zero-order valence-corrected chi connectivity index (χ0v) is 13.4. The Hall–Kier alpha value is -1.27. The van der Waals surface area contributed by atoms with Crippen LogP contribution in [-0.4, -0.2) is 31.0 Å². The summed E-state index contributed by atoms with van der Waals surface area (Å²) in [5.41, 5.74) is 0.801. The van der Waals surface area contributed by atoms with E-state index in [1.165, 1.54) is 12.1 Å². The number of nitrogens with one attached hydrogen (secondary N) is 2. The fraction of sp³-hybridized carbons (Fsp3) is 0.562. The SMILES string of the molecule is Cl.O=C(NCC1(c2ccc(F)cc2)CCC1)C1CC(F)(F)CN1. The monoisotopic (exact) mass is 348 g/mol. The van der Waals surface area contributed by atoms with Gasteiger partial charge in [0.1, 0.15) is 5.82 Å². The molecule has 2 N–H and O–H groups in total. The molecule has 3 rings (SSSR count). The highest BCUT2D eigenvalue weighted by Gasteiger charge is 2.44. The first-order valence-corrected chi connectivity index (χ1v) is 7.55. The van der Waals surface area contributed by atoms with Crippen LogP contribution in [0.5, 0.6) is 0 Å². The smallest absolute Gasteiger partial charge is 0.262 e. The van der Waals surface area contributed by atoms with Crippen molar-refractivity contribution in [2.24, 2.45) is 0 Å². The molecule has 1 heterocycles. The van der Waals surface area contributed by atoms with Crippen molar-refractivity contribution in [1.29, 1.82) is 0 Å². The van der Waals surface area contributed by atoms with Crippen LogP contribution in [0.2, 0.25) is 0 Å². The highest BCUT2D eigenvalue weighted by molar-refractivity contribution is 5.85. The minimum Gasteiger partial charge on any atom is -0.354 e. The minimum atomic E-state index is -2.81. The van der Waals surface area contributed by atoms with Gasteiger partial charge in [0.2, 0.25) is 5.91 Å². The van der Waals surface area contributed by atoms with Crippen LogP contribution in [0.15, 0.2) is 24.3 Å². The Balaban J connectivity index is 0.00000192. The molecule has 1 amide bonds. The van der Waals surface area contributed by atoms with E-state index in [9.17, 15) is 18.0 Å². The molecule has 3 nitrogen and oxygen atoms in total. The van der Waals surface area contributed by atoms with Crippen LogP contribution in [0.3, 0.4) is 0 Å². The third-order valence-corrected chi connectivity index (χ3v) is 4.79. The Labute approximate surface area is 139 Å². The molecule has 23 heavy (non-hydrogen) atoms. The zero-order chi connectivity index (χ0) is 15.8. The fourth-order valence-electron chi connectivity index (χ4n) is 3.25. The highest BCUT2D eigenvalue weighted by atomic mass is 35.5. The molecular formula is C16H20ClF3N2O. The van der Waals surface area contributed by atoms with E-state index in [-0.39, 0.29) is 29.5 Å². The lowest BCUT2D eigenvalue weighted by Crippen LogP contribution is -2.49. The first-order valence-electron chi connectivity index (χ1n) is 7.55. The quantitative estimate of drug-likeness (QED) is 0.878. The molecule has 128 valence electrons. The standard InChI is InChI=1S/C16H19F3N2O.ClH/c17-12-4-2-11(3-5-12)15(6-1-7-15)9-21-14(22)13-8-16(18,19)10-20-13;/h2-5,13,20H,1,6-10H2,(H,21,22);1H. The summed E-state index contributed by atoms with van der Waals surface area (Å²) in [7, 11) is 0. The molecule has 1 aliphatic heterocycles. The van der Waals surface area contributed by atoms with Crippen molar-refractivity contribution < 1.29 is 18.0 Å². The van der Waals surface area contributed by atoms with Crippen LogP contribution >= 0.6 is 12.4 Å². The first kappa shape index (κ1) is 18.1. The van der Waals surface area contributed by atoms with E-state index in [0.717, 1.165) is 24.8 Å². The van der Waals surface area contributed by atoms with Gasteiger partial charge in [-0.3, -0.25) is 10.1 Å². The molecule has 1 aromatic carbocycles. The van der Waals surface area contributed by atoms with Crippen LogP contribution in [0.4, 0.5) is 13.2 Å². The van der Waals surface area contributed by atoms with Crippen molar-refractivity contribution in [3.63, 3.8) is 0 Å². The summed E-state index contributed by atoms with van der Waals surface area (Å²) in [5.74, 6) is -3.49. The van der Waals surface area contributed by atoms with E-state index >= 15 is 0 Å². The van der Waals surface area contributed by atoms with E-state index in [0.29, 0.717) is 6.54 Å². The number of hydrogen-bond donors (Lipinski definition) is 2. The van der Waals surface area contributed by atoms with Gasteiger partial charge in [-0.15, -0.1) is 12.4 Å². The molecule has 1 saturated carbocycles. The molecule has 1 unspecified atom stereocenters. The van der Waals surface area contributed by atoms with Crippen molar-refractivity contribution in [2.75, 3.05) is 13.1 Å². The predicted octanol–water partition coefficient (Wildman–Crippen LogP) is 2.78. The normalized spacial score (nSPS) is 24.4. The van der Waals surface area contributed by atoms with Crippen molar-refractivity contribution >= 4 is 18.3 Å². The summed E-state index contributed by atoms with van der Waals surface area (Å²) < 4.78 is 39.3. The van der Waals surface area contributed by atoms with E-state index in [1.807, 2.05) is 0 Å². The Morgan fingerprint density at radius 1 is 1.26 bits per heavy atom. The van der Waals surface area contributed by atoms with Gasteiger partial charge in [0.25, 0.3) is 5.92 Å². The molecule has 2 aliphatic rings. The molecule has 1 atom stereocenters. The summed E-state index contributed by atoms with van der Waals surface area (Å²) in [6.45, 7) is -0.0462. The van der Waals surface area contributed by atoms with E-state index < -0.39 is 24.9 Å². The topological polar surface area (TPSA) is 41.1 Å². The Morgan fingerprint density at radius 2 is 1.91 bits per heavy atom. The second-order valence-electron chi connectivity index (χ2n) is 6.35. The molecule has 0 bridgehead atoms. The highest BCUT2D eigenvalue weighted by Crippen LogP contribution is 2.43. The van der Waals surface area contributed by atoms with E-state index in [1.54, 1.807) is 12.1 Å². The van der Waals surface area contributed by atoms with Crippen LogP contribution < -0.4 is 10.6 Å². The molecule has 7 heteroatoms. The minimum absolute atomic E-state index is 0. The van der Waals surface area contributed by atoms with Crippen LogP contribution in [0.1, 0.15) is 31.2 Å². The molecular weight excluding hydrogens is 329 g/mol. The molecule has 0 spiro atoms. The predicted molar refractivity (Wildman–Crippen MR) is 83.5 cm³/mol. The van der Waals surface area contributed by atoms with Gasteiger partial charge in [-0.25, -0.2) is 13.2 Å². The second-order valence-corrected chi connectivity index (χ2v) is 6.35. The lowest BCUT2D eigenvalue weighted by Gasteiger charge is -2.42. The molecule has 1 saturated heterocycles. The van der Waals surface area contributed by atoms with Crippen molar-refractivity contribution in [3.8, 4) is 0 Å². The van der Waals surface area contributed by atoms with Gasteiger partial charge in [-0.1, -0.05) is 18.6 Å². The summed E-state index contributed by atoms with van der Waals surface area (Å²) in [6.07, 6.45) is 2.41. The molecule has 0 radical (unpaired) electrons.